The molecule has 0 saturated carbocycles. The van der Waals surface area contributed by atoms with Gasteiger partial charge in [-0.2, -0.15) is 0 Å². The van der Waals surface area contributed by atoms with Crippen molar-refractivity contribution in [3.63, 3.8) is 0 Å². The number of carbonyl (C=O) groups is 10. The highest BCUT2D eigenvalue weighted by Gasteiger charge is 2.48. The summed E-state index contributed by atoms with van der Waals surface area (Å²) in [4.78, 5) is 129. The third kappa shape index (κ3) is 22.3. The molecular formula is C61H81ClN8O16. The summed E-state index contributed by atoms with van der Waals surface area (Å²) >= 11 is 6.38. The van der Waals surface area contributed by atoms with Gasteiger partial charge in [0.25, 0.3) is 0 Å². The van der Waals surface area contributed by atoms with Crippen molar-refractivity contribution in [3.8, 4) is 5.75 Å². The Morgan fingerprint density at radius 2 is 1.53 bits per heavy atom. The Hall–Kier alpha value is -8.25. The van der Waals surface area contributed by atoms with E-state index >= 15 is 0 Å². The number of esters is 2. The van der Waals surface area contributed by atoms with Crippen LogP contribution in [-0.2, 0) is 76.9 Å². The van der Waals surface area contributed by atoms with Crippen molar-refractivity contribution >= 4 is 76.9 Å². The second-order valence-electron chi connectivity index (χ2n) is 22.7. The molecule has 2 heterocycles. The van der Waals surface area contributed by atoms with Crippen molar-refractivity contribution in [2.75, 3.05) is 25.5 Å². The number of carboxylic acid groups (broad SMARTS) is 1. The van der Waals surface area contributed by atoms with Crippen molar-refractivity contribution in [1.29, 1.82) is 0 Å². The van der Waals surface area contributed by atoms with Crippen LogP contribution in [0.2, 0.25) is 5.02 Å². The Bertz CT molecular complexity index is 2900. The molecule has 8 atom stereocenters. The zero-order valence-electron chi connectivity index (χ0n) is 49.8. The molecule has 2 aliphatic heterocycles. The summed E-state index contributed by atoms with van der Waals surface area (Å²) in [7, 11) is 1.48. The lowest BCUT2D eigenvalue weighted by atomic mass is 9.92. The summed E-state index contributed by atoms with van der Waals surface area (Å²) in [6, 6.07) is 14.9. The maximum Gasteiger partial charge on any atom is 0.407 e. The maximum atomic E-state index is 14.0. The normalized spacial score (nSPS) is 20.3. The summed E-state index contributed by atoms with van der Waals surface area (Å²) in [6.45, 7) is 12.2. The van der Waals surface area contributed by atoms with Gasteiger partial charge in [0, 0.05) is 56.9 Å². The number of hydrogen-bond acceptors (Lipinski definition) is 15. The van der Waals surface area contributed by atoms with Crippen LogP contribution in [0.5, 0.6) is 5.75 Å². The third-order valence-electron chi connectivity index (χ3n) is 14.3. The fourth-order valence-corrected chi connectivity index (χ4v) is 9.44. The minimum absolute atomic E-state index is 0.0651. The zero-order chi connectivity index (χ0) is 63.3. The summed E-state index contributed by atoms with van der Waals surface area (Å²) in [6.07, 6.45) is -0.314. The van der Waals surface area contributed by atoms with Crippen molar-refractivity contribution in [2.24, 2.45) is 28.9 Å². The van der Waals surface area contributed by atoms with E-state index < -0.39 is 107 Å². The fourth-order valence-electron chi connectivity index (χ4n) is 9.16. The highest BCUT2D eigenvalue weighted by Crippen LogP contribution is 2.45. The van der Waals surface area contributed by atoms with E-state index in [0.717, 1.165) is 11.1 Å². The minimum Gasteiger partial charge on any atom is -0.495 e. The van der Waals surface area contributed by atoms with E-state index in [2.05, 4.69) is 37.2 Å². The smallest absolute Gasteiger partial charge is 0.407 e. The van der Waals surface area contributed by atoms with Gasteiger partial charge in [-0.05, 0) is 104 Å². The lowest BCUT2D eigenvalue weighted by Gasteiger charge is -2.29. The molecule has 24 nitrogen and oxygen atoms in total. The molecule has 5 rings (SSSR count). The number of epoxide rings is 1. The van der Waals surface area contributed by atoms with Gasteiger partial charge in [0.2, 0.25) is 29.5 Å². The van der Waals surface area contributed by atoms with Crippen LogP contribution >= 0.6 is 11.6 Å². The topological polar surface area (TPSA) is 351 Å². The van der Waals surface area contributed by atoms with Crippen LogP contribution in [0, 0.1) is 23.2 Å². The summed E-state index contributed by atoms with van der Waals surface area (Å²) in [5.74, 6) is -5.82. The van der Waals surface area contributed by atoms with E-state index in [4.69, 9.17) is 46.1 Å². The van der Waals surface area contributed by atoms with Gasteiger partial charge in [0.15, 0.2) is 6.10 Å². The molecule has 0 bridgehead atoms. The van der Waals surface area contributed by atoms with Crippen LogP contribution in [0.25, 0.3) is 0 Å². The van der Waals surface area contributed by atoms with E-state index in [1.54, 1.807) is 76.2 Å². The summed E-state index contributed by atoms with van der Waals surface area (Å²) < 4.78 is 28.9. The lowest BCUT2D eigenvalue weighted by molar-refractivity contribution is -0.179. The highest BCUT2D eigenvalue weighted by atomic mass is 35.5. The number of amides is 8. The number of hydrogen-bond donors (Lipinski definition) is 9. The second kappa shape index (κ2) is 32.9. The number of primary amides is 1. The van der Waals surface area contributed by atoms with Gasteiger partial charge in [-0.3, -0.25) is 33.6 Å². The number of aliphatic carboxylic acids is 1. The molecule has 25 heteroatoms. The molecule has 468 valence electrons. The van der Waals surface area contributed by atoms with Crippen molar-refractivity contribution in [1.82, 2.24) is 31.9 Å². The number of urea groups is 1. The quantitative estimate of drug-likeness (QED) is 0.0198. The number of carboxylic acids is 1. The molecule has 0 radical (unpaired) electrons. The number of halogens is 1. The standard InChI is InChI=1S/C61H81ClN8O16/c1-34(2)28-47-57(78)84-45(13-9-14-48(71)68-44(30-39-21-26-46(82-8)42(62)29-39)54(75)66-33-61(6,7)58(79)85-47)36(5)52-53(86-52)40-22-17-37(18-23-40)31-65-60(81)83-32-38-19-24-41(25-20-38)67-55(76)43(12-11-27-64-59(63)80)69-56(77)51(35(3)4)70-49(72)15-10-16-50(73)74/h9,14,17-26,29,34-36,43-45,47,51-53H,10-13,15-16,27-28,30-33H2,1-8H3,(H,65,81)(H,66,75)(H,67,76)(H,68,71)(H,69,77)(H,70,72)(H,73,74)(H3,63,64,80)/b14-9+/t36-,43-,44+,45?,47-,51-,52-,53-/m0/s1. The van der Waals surface area contributed by atoms with Gasteiger partial charge in [-0.25, -0.2) is 14.4 Å². The predicted octanol–water partition coefficient (Wildman–Crippen LogP) is 5.82. The number of cyclic esters (lactones) is 2. The molecule has 10 N–H and O–H groups in total. The first-order valence-corrected chi connectivity index (χ1v) is 29.0. The molecule has 3 aromatic rings. The number of nitrogens with one attached hydrogen (secondary N) is 7. The molecule has 2 aliphatic rings. The molecule has 8 amide bonds. The van der Waals surface area contributed by atoms with Crippen LogP contribution in [0.3, 0.4) is 0 Å². The van der Waals surface area contributed by atoms with Gasteiger partial charge in [0.1, 0.15) is 42.7 Å². The number of anilines is 1. The average Bonchev–Trinajstić information content (AvgIpc) is 2.02. The number of methoxy groups -OCH3 is 1. The summed E-state index contributed by atoms with van der Waals surface area (Å²) in [5, 5.41) is 28.0. The summed E-state index contributed by atoms with van der Waals surface area (Å²) in [5.41, 5.74) is 7.08. The third-order valence-corrected chi connectivity index (χ3v) is 14.6. The molecule has 0 aromatic heterocycles. The van der Waals surface area contributed by atoms with Gasteiger partial charge in [-0.15, -0.1) is 0 Å². The first-order chi connectivity index (χ1) is 40.7. The number of ether oxygens (including phenoxy) is 5. The lowest BCUT2D eigenvalue weighted by Crippen LogP contribution is -2.54. The van der Waals surface area contributed by atoms with Crippen molar-refractivity contribution in [3.05, 3.63) is 106 Å². The molecule has 0 aliphatic carbocycles. The zero-order valence-corrected chi connectivity index (χ0v) is 50.5. The van der Waals surface area contributed by atoms with Crippen molar-refractivity contribution in [2.45, 2.75) is 156 Å². The second-order valence-corrected chi connectivity index (χ2v) is 23.1. The molecular weight excluding hydrogens is 1140 g/mol. The van der Waals surface area contributed by atoms with E-state index in [1.807, 2.05) is 45.0 Å². The van der Waals surface area contributed by atoms with Crippen molar-refractivity contribution < 1.29 is 76.7 Å². The number of benzene rings is 3. The molecule has 3 aromatic carbocycles. The molecule has 1 unspecified atom stereocenters. The van der Waals surface area contributed by atoms with Crippen LogP contribution in [-0.4, -0.2) is 121 Å². The van der Waals surface area contributed by atoms with Gasteiger partial charge >= 0.3 is 30.0 Å². The van der Waals surface area contributed by atoms with Crippen LogP contribution in [0.4, 0.5) is 15.3 Å². The van der Waals surface area contributed by atoms with E-state index in [0.29, 0.717) is 27.6 Å². The Morgan fingerprint density at radius 1 is 0.849 bits per heavy atom. The monoisotopic (exact) mass is 1220 g/mol. The molecule has 1 fully saturated rings. The number of carbonyl (C=O) groups excluding carboxylic acids is 9. The fraction of sp³-hybridized carbons (Fsp3) is 0.508. The van der Waals surface area contributed by atoms with Crippen LogP contribution in [0.1, 0.15) is 122 Å². The first-order valence-electron chi connectivity index (χ1n) is 28.6. The number of rotatable bonds is 26. The van der Waals surface area contributed by atoms with E-state index in [1.165, 1.54) is 13.2 Å². The maximum absolute atomic E-state index is 14.0. The average molecular weight is 1220 g/mol. The largest absolute Gasteiger partial charge is 0.495 e. The van der Waals surface area contributed by atoms with Crippen LogP contribution in [0.15, 0.2) is 78.9 Å². The Kier molecular flexibility index (Phi) is 26.2. The first kappa shape index (κ1) is 68.5. The Morgan fingerprint density at radius 3 is 2.17 bits per heavy atom. The van der Waals surface area contributed by atoms with E-state index in [9.17, 15) is 47.9 Å². The minimum atomic E-state index is -1.29. The molecule has 0 spiro atoms. The van der Waals surface area contributed by atoms with Gasteiger partial charge in [0.05, 0.1) is 23.7 Å². The van der Waals surface area contributed by atoms with Gasteiger partial charge in [-0.1, -0.05) is 94.8 Å². The van der Waals surface area contributed by atoms with Gasteiger partial charge < -0.3 is 71.7 Å². The Balaban J connectivity index is 1.16. The highest BCUT2D eigenvalue weighted by molar-refractivity contribution is 6.32. The SMILES string of the molecule is COc1ccc(C[C@H]2NC(=O)/C=C/CC([C@H](C)[C@@H]3O[C@H]3c3ccc(CNC(=O)OCc4ccc(NC(=O)[C@H](CCCNC(N)=O)NC(=O)[C@@H](NC(=O)CCCC(=O)O)C(C)C)cc4)cc3)OC(=O)[C@H](CC(C)C)OC(=O)C(C)(C)CNC2=O)cc1Cl. The molecule has 86 heavy (non-hydrogen) atoms. The number of alkyl carbamates (subject to hydrolysis) is 1. The number of nitrogens with two attached hydrogens (primary N) is 1. The Labute approximate surface area is 505 Å². The molecule has 1 saturated heterocycles. The van der Waals surface area contributed by atoms with E-state index in [-0.39, 0.29) is 95.5 Å². The van der Waals surface area contributed by atoms with Crippen LogP contribution < -0.4 is 47.7 Å². The predicted molar refractivity (Wildman–Crippen MR) is 316 cm³/mol.